The Morgan fingerprint density at radius 1 is 1.21 bits per heavy atom. The van der Waals surface area contributed by atoms with Crippen LogP contribution in [0.5, 0.6) is 0 Å². The highest BCUT2D eigenvalue weighted by atomic mass is 19.4. The van der Waals surface area contributed by atoms with Crippen molar-refractivity contribution < 1.29 is 22.8 Å². The van der Waals surface area contributed by atoms with E-state index in [1.54, 1.807) is 13.8 Å². The van der Waals surface area contributed by atoms with Crippen molar-refractivity contribution in [3.8, 4) is 0 Å². The number of nitrogens with one attached hydrogen (secondary N) is 1. The number of rotatable bonds is 2. The lowest BCUT2D eigenvalue weighted by Crippen LogP contribution is -2.49. The summed E-state index contributed by atoms with van der Waals surface area (Å²) in [6, 6.07) is -0.180. The van der Waals surface area contributed by atoms with E-state index in [9.17, 15) is 22.8 Å². The van der Waals surface area contributed by atoms with Gasteiger partial charge in [-0.15, -0.1) is 0 Å². The monoisotopic (exact) mass is 278 g/mol. The van der Waals surface area contributed by atoms with Gasteiger partial charge in [-0.1, -0.05) is 5.57 Å². The molecule has 0 atom stereocenters. The Balaban J connectivity index is 2.44. The maximum absolute atomic E-state index is 12.2. The molecule has 7 heteroatoms. The average molecular weight is 278 g/mol. The number of carbonyl (C=O) groups excluding carboxylic acids is 2. The molecule has 2 amide bonds. The van der Waals surface area contributed by atoms with E-state index in [2.05, 4.69) is 5.32 Å². The molecule has 0 aromatic heterocycles. The van der Waals surface area contributed by atoms with Gasteiger partial charge in [0.15, 0.2) is 0 Å². The van der Waals surface area contributed by atoms with E-state index >= 15 is 0 Å². The summed E-state index contributed by atoms with van der Waals surface area (Å²) in [6.07, 6.45) is -2.71. The van der Waals surface area contributed by atoms with E-state index in [0.717, 1.165) is 10.5 Å². The van der Waals surface area contributed by atoms with Gasteiger partial charge in [-0.3, -0.25) is 9.59 Å². The van der Waals surface area contributed by atoms with Gasteiger partial charge in [0.25, 0.3) is 0 Å². The highest BCUT2D eigenvalue weighted by Gasteiger charge is 2.43. The largest absolute Gasteiger partial charge is 0.471 e. The summed E-state index contributed by atoms with van der Waals surface area (Å²) in [5.74, 6) is -2.05. The number of hydrogen-bond donors (Lipinski definition) is 1. The molecule has 0 unspecified atom stereocenters. The molecular weight excluding hydrogens is 261 g/mol. The van der Waals surface area contributed by atoms with Gasteiger partial charge >= 0.3 is 12.1 Å². The molecule has 0 radical (unpaired) electrons. The maximum Gasteiger partial charge on any atom is 0.471 e. The van der Waals surface area contributed by atoms with Gasteiger partial charge in [0.1, 0.15) is 0 Å². The number of likely N-dealkylation sites (tertiary alicyclic amines) is 1. The molecule has 0 bridgehead atoms. The normalized spacial score (nSPS) is 17.0. The van der Waals surface area contributed by atoms with Crippen LogP contribution in [0.2, 0.25) is 0 Å². The predicted molar refractivity (Wildman–Crippen MR) is 63.2 cm³/mol. The van der Waals surface area contributed by atoms with Crippen LogP contribution in [-0.2, 0) is 9.59 Å². The van der Waals surface area contributed by atoms with Crippen LogP contribution in [0.4, 0.5) is 13.2 Å². The van der Waals surface area contributed by atoms with Gasteiger partial charge in [-0.2, -0.15) is 13.2 Å². The first kappa shape index (κ1) is 15.5. The summed E-state index contributed by atoms with van der Waals surface area (Å²) >= 11 is 0. The minimum atomic E-state index is -4.82. The molecule has 0 spiro atoms. The topological polar surface area (TPSA) is 49.4 Å². The minimum absolute atomic E-state index is 0.0120. The fraction of sp³-hybridized carbons (Fsp3) is 0.667. The van der Waals surface area contributed by atoms with Crippen molar-refractivity contribution in [3.63, 3.8) is 0 Å². The molecule has 1 aliphatic heterocycles. The molecule has 1 N–H and O–H groups in total. The Labute approximate surface area is 109 Å². The van der Waals surface area contributed by atoms with Crippen LogP contribution in [0.1, 0.15) is 26.7 Å². The molecule has 1 rings (SSSR count). The number of nitrogens with zero attached hydrogens (tertiary/aromatic N) is 1. The highest BCUT2D eigenvalue weighted by molar-refractivity contribution is 5.88. The molecule has 1 saturated heterocycles. The molecule has 0 aromatic carbocycles. The fourth-order valence-corrected chi connectivity index (χ4v) is 1.91. The van der Waals surface area contributed by atoms with Gasteiger partial charge in [0.2, 0.25) is 5.91 Å². The number of allylic oxidation sites excluding steroid dienone is 1. The zero-order valence-electron chi connectivity index (χ0n) is 10.9. The third-order valence-corrected chi connectivity index (χ3v) is 2.79. The van der Waals surface area contributed by atoms with Crippen LogP contribution in [-0.4, -0.2) is 42.0 Å². The summed E-state index contributed by atoms with van der Waals surface area (Å²) in [6.45, 7) is 3.59. The average Bonchev–Trinajstić information content (AvgIpc) is 2.26. The number of hydrogen-bond acceptors (Lipinski definition) is 2. The van der Waals surface area contributed by atoms with Crippen molar-refractivity contribution in [1.82, 2.24) is 10.2 Å². The van der Waals surface area contributed by atoms with Gasteiger partial charge in [-0.25, -0.2) is 0 Å². The summed E-state index contributed by atoms with van der Waals surface area (Å²) < 4.78 is 36.6. The Hall–Kier alpha value is -1.53. The first-order chi connectivity index (χ1) is 8.70. The summed E-state index contributed by atoms with van der Waals surface area (Å²) in [5.41, 5.74) is 0.849. The smallest absolute Gasteiger partial charge is 0.350 e. The summed E-state index contributed by atoms with van der Waals surface area (Å²) in [5, 5.41) is 2.71. The second-order valence-electron chi connectivity index (χ2n) is 4.79. The van der Waals surface area contributed by atoms with E-state index in [-0.39, 0.29) is 25.0 Å². The van der Waals surface area contributed by atoms with Crippen LogP contribution in [0.25, 0.3) is 0 Å². The number of piperidine rings is 1. The molecule has 1 fully saturated rings. The van der Waals surface area contributed by atoms with E-state index in [1.165, 1.54) is 6.08 Å². The lowest BCUT2D eigenvalue weighted by atomic mass is 10.0. The standard InChI is InChI=1S/C12H17F3N2O2/c1-8(2)7-10(18)16-9-3-5-17(6-4-9)11(19)12(13,14)15/h7,9H,3-6H2,1-2H3,(H,16,18). The number of carbonyl (C=O) groups is 2. The Kier molecular flexibility index (Phi) is 4.97. The second-order valence-corrected chi connectivity index (χ2v) is 4.79. The Bertz CT molecular complexity index is 379. The van der Waals surface area contributed by atoms with Gasteiger partial charge in [0.05, 0.1) is 0 Å². The zero-order chi connectivity index (χ0) is 14.6. The van der Waals surface area contributed by atoms with Crippen molar-refractivity contribution in [2.24, 2.45) is 0 Å². The van der Waals surface area contributed by atoms with Crippen molar-refractivity contribution >= 4 is 11.8 Å². The molecule has 1 aliphatic rings. The number of alkyl halides is 3. The van der Waals surface area contributed by atoms with Gasteiger partial charge < -0.3 is 10.2 Å². The van der Waals surface area contributed by atoms with Crippen LogP contribution < -0.4 is 5.32 Å². The van der Waals surface area contributed by atoms with Gasteiger partial charge in [-0.05, 0) is 26.7 Å². The zero-order valence-corrected chi connectivity index (χ0v) is 10.9. The molecular formula is C12H17F3N2O2. The van der Waals surface area contributed by atoms with Crippen molar-refractivity contribution in [2.45, 2.75) is 38.9 Å². The molecule has 0 aromatic rings. The SMILES string of the molecule is CC(C)=CC(=O)NC1CCN(C(=O)C(F)(F)F)CC1. The minimum Gasteiger partial charge on any atom is -0.350 e. The molecule has 1 heterocycles. The number of amides is 2. The van der Waals surface area contributed by atoms with Crippen LogP contribution >= 0.6 is 0 Å². The quantitative estimate of drug-likeness (QED) is 0.780. The van der Waals surface area contributed by atoms with E-state index in [4.69, 9.17) is 0 Å². The van der Waals surface area contributed by atoms with E-state index in [1.807, 2.05) is 0 Å². The Morgan fingerprint density at radius 3 is 2.16 bits per heavy atom. The van der Waals surface area contributed by atoms with Crippen molar-refractivity contribution in [1.29, 1.82) is 0 Å². The molecule has 108 valence electrons. The first-order valence-corrected chi connectivity index (χ1v) is 6.01. The van der Waals surface area contributed by atoms with Gasteiger partial charge in [0, 0.05) is 25.2 Å². The third kappa shape index (κ3) is 4.92. The van der Waals surface area contributed by atoms with Crippen LogP contribution in [0.15, 0.2) is 11.6 Å². The first-order valence-electron chi connectivity index (χ1n) is 6.01. The lowest BCUT2D eigenvalue weighted by molar-refractivity contribution is -0.186. The molecule has 19 heavy (non-hydrogen) atoms. The fourth-order valence-electron chi connectivity index (χ4n) is 1.91. The second kappa shape index (κ2) is 6.08. The lowest BCUT2D eigenvalue weighted by Gasteiger charge is -2.32. The van der Waals surface area contributed by atoms with Crippen molar-refractivity contribution in [2.75, 3.05) is 13.1 Å². The predicted octanol–water partition coefficient (Wildman–Crippen LogP) is 1.62. The van der Waals surface area contributed by atoms with Crippen LogP contribution in [0.3, 0.4) is 0 Å². The summed E-state index contributed by atoms with van der Waals surface area (Å²) in [7, 11) is 0. The maximum atomic E-state index is 12.2. The number of halogens is 3. The third-order valence-electron chi connectivity index (χ3n) is 2.79. The summed E-state index contributed by atoms with van der Waals surface area (Å²) in [4.78, 5) is 23.2. The molecule has 0 saturated carbocycles. The van der Waals surface area contributed by atoms with E-state index in [0.29, 0.717) is 12.8 Å². The van der Waals surface area contributed by atoms with Crippen LogP contribution in [0, 0.1) is 0 Å². The molecule has 0 aliphatic carbocycles. The molecule has 4 nitrogen and oxygen atoms in total. The Morgan fingerprint density at radius 2 is 1.74 bits per heavy atom. The van der Waals surface area contributed by atoms with Crippen molar-refractivity contribution in [3.05, 3.63) is 11.6 Å². The van der Waals surface area contributed by atoms with E-state index < -0.39 is 12.1 Å². The highest BCUT2D eigenvalue weighted by Crippen LogP contribution is 2.21.